The van der Waals surface area contributed by atoms with Crippen molar-refractivity contribution in [3.8, 4) is 6.07 Å². The first-order valence-electron chi connectivity index (χ1n) is 6.55. The highest BCUT2D eigenvalue weighted by molar-refractivity contribution is 7.99. The summed E-state index contributed by atoms with van der Waals surface area (Å²) < 4.78 is 0. The van der Waals surface area contributed by atoms with Crippen molar-refractivity contribution in [1.29, 1.82) is 5.26 Å². The fourth-order valence-corrected chi connectivity index (χ4v) is 2.41. The van der Waals surface area contributed by atoms with E-state index < -0.39 is 6.10 Å². The van der Waals surface area contributed by atoms with Crippen molar-refractivity contribution in [1.82, 2.24) is 5.32 Å². The van der Waals surface area contributed by atoms with Crippen LogP contribution in [0.25, 0.3) is 0 Å². The number of benzene rings is 1. The van der Waals surface area contributed by atoms with Crippen LogP contribution in [0, 0.1) is 11.3 Å². The van der Waals surface area contributed by atoms with Crippen LogP contribution in [0.2, 0.25) is 0 Å². The third-order valence-corrected chi connectivity index (χ3v) is 3.85. The Morgan fingerprint density at radius 2 is 2.10 bits per heavy atom. The van der Waals surface area contributed by atoms with E-state index in [1.54, 1.807) is 0 Å². The lowest BCUT2D eigenvalue weighted by atomic mass is 10.1. The van der Waals surface area contributed by atoms with Gasteiger partial charge in [0.1, 0.15) is 6.07 Å². The summed E-state index contributed by atoms with van der Waals surface area (Å²) in [5, 5.41) is 30.7. The van der Waals surface area contributed by atoms with Crippen LogP contribution in [0.4, 0.5) is 0 Å². The second-order valence-corrected chi connectivity index (χ2v) is 6.76. The largest absolute Gasteiger partial charge is 0.394 e. The van der Waals surface area contributed by atoms with Gasteiger partial charge in [-0.2, -0.15) is 5.26 Å². The molecule has 0 radical (unpaired) electrons. The van der Waals surface area contributed by atoms with Gasteiger partial charge in [0.25, 0.3) is 0 Å². The molecule has 0 aliphatic carbocycles. The third-order valence-electron chi connectivity index (χ3n) is 2.63. The SMILES string of the molecule is CC(C)(C)NCc1ccc(SCC(O)CO)c(C#N)c1. The first-order chi connectivity index (χ1) is 9.35. The number of rotatable bonds is 6. The average molecular weight is 294 g/mol. The molecule has 0 bridgehead atoms. The standard InChI is InChI=1S/C15H22N2O2S/c1-15(2,3)17-8-11-4-5-14(12(6-11)7-16)20-10-13(19)9-18/h4-6,13,17-19H,8-10H2,1-3H3. The van der Waals surface area contributed by atoms with Gasteiger partial charge < -0.3 is 15.5 Å². The molecule has 5 heteroatoms. The molecule has 3 N–H and O–H groups in total. The highest BCUT2D eigenvalue weighted by atomic mass is 32.2. The van der Waals surface area contributed by atoms with Crippen LogP contribution in [0.1, 0.15) is 31.9 Å². The second kappa shape index (κ2) is 7.65. The van der Waals surface area contributed by atoms with E-state index in [-0.39, 0.29) is 12.1 Å². The van der Waals surface area contributed by atoms with Crippen LogP contribution in [-0.4, -0.2) is 34.2 Å². The van der Waals surface area contributed by atoms with E-state index in [2.05, 4.69) is 32.2 Å². The molecule has 4 nitrogen and oxygen atoms in total. The van der Waals surface area contributed by atoms with Crippen LogP contribution >= 0.6 is 11.8 Å². The Balaban J connectivity index is 2.73. The van der Waals surface area contributed by atoms with Crippen molar-refractivity contribution in [2.75, 3.05) is 12.4 Å². The minimum atomic E-state index is -0.756. The maximum Gasteiger partial charge on any atom is 0.100 e. The Labute approximate surface area is 124 Å². The molecule has 1 aromatic rings. The molecular weight excluding hydrogens is 272 g/mol. The van der Waals surface area contributed by atoms with Gasteiger partial charge in [0, 0.05) is 22.7 Å². The molecule has 0 heterocycles. The van der Waals surface area contributed by atoms with Crippen LogP contribution < -0.4 is 5.32 Å². The topological polar surface area (TPSA) is 76.3 Å². The molecule has 0 saturated carbocycles. The van der Waals surface area contributed by atoms with E-state index in [9.17, 15) is 10.4 Å². The smallest absolute Gasteiger partial charge is 0.100 e. The van der Waals surface area contributed by atoms with Gasteiger partial charge in [0.05, 0.1) is 18.3 Å². The zero-order valence-corrected chi connectivity index (χ0v) is 13.0. The molecule has 0 saturated heterocycles. The monoisotopic (exact) mass is 294 g/mol. The van der Waals surface area contributed by atoms with Crippen LogP contribution in [-0.2, 0) is 6.54 Å². The van der Waals surface area contributed by atoms with Crippen LogP contribution in [0.15, 0.2) is 23.1 Å². The average Bonchev–Trinajstić information content (AvgIpc) is 2.41. The number of aliphatic hydroxyl groups excluding tert-OH is 2. The first-order valence-corrected chi connectivity index (χ1v) is 7.54. The summed E-state index contributed by atoms with van der Waals surface area (Å²) in [6.07, 6.45) is -0.756. The van der Waals surface area contributed by atoms with Gasteiger partial charge in [-0.25, -0.2) is 0 Å². The number of hydrogen-bond donors (Lipinski definition) is 3. The minimum absolute atomic E-state index is 0.0332. The molecule has 1 atom stereocenters. The van der Waals surface area contributed by atoms with Crippen molar-refractivity contribution >= 4 is 11.8 Å². The Bertz CT molecular complexity index is 478. The Hall–Kier alpha value is -1.06. The summed E-state index contributed by atoms with van der Waals surface area (Å²) in [5.74, 6) is 0.380. The molecule has 0 fully saturated rings. The quantitative estimate of drug-likeness (QED) is 0.699. The highest BCUT2D eigenvalue weighted by Crippen LogP contribution is 2.24. The van der Waals surface area contributed by atoms with Gasteiger partial charge in [-0.1, -0.05) is 6.07 Å². The molecule has 0 amide bonds. The van der Waals surface area contributed by atoms with E-state index in [0.717, 1.165) is 10.5 Å². The maximum atomic E-state index is 9.35. The van der Waals surface area contributed by atoms with Gasteiger partial charge in [-0.3, -0.25) is 0 Å². The number of aliphatic hydroxyl groups is 2. The number of hydrogen-bond acceptors (Lipinski definition) is 5. The molecule has 0 aromatic heterocycles. The van der Waals surface area contributed by atoms with Gasteiger partial charge in [-0.05, 0) is 38.5 Å². The van der Waals surface area contributed by atoms with E-state index >= 15 is 0 Å². The molecule has 110 valence electrons. The minimum Gasteiger partial charge on any atom is -0.394 e. The van der Waals surface area contributed by atoms with Gasteiger partial charge in [-0.15, -0.1) is 11.8 Å². The zero-order valence-electron chi connectivity index (χ0n) is 12.2. The Morgan fingerprint density at radius 3 is 2.65 bits per heavy atom. The summed E-state index contributed by atoms with van der Waals surface area (Å²) in [6.45, 7) is 6.74. The lowest BCUT2D eigenvalue weighted by Gasteiger charge is -2.20. The molecule has 0 spiro atoms. The van der Waals surface area contributed by atoms with E-state index in [0.29, 0.717) is 17.9 Å². The molecule has 0 aliphatic rings. The van der Waals surface area contributed by atoms with Gasteiger partial charge in [0.2, 0.25) is 0 Å². The number of nitriles is 1. The summed E-state index contributed by atoms with van der Waals surface area (Å²) >= 11 is 1.38. The third kappa shape index (κ3) is 5.93. The predicted octanol–water partition coefficient (Wildman–Crippen LogP) is 1.89. The van der Waals surface area contributed by atoms with E-state index in [1.807, 2.05) is 18.2 Å². The molecular formula is C15H22N2O2S. The summed E-state index contributed by atoms with van der Waals surface area (Å²) in [7, 11) is 0. The second-order valence-electron chi connectivity index (χ2n) is 5.69. The normalized spacial score (nSPS) is 13.0. The summed E-state index contributed by atoms with van der Waals surface area (Å²) in [5.41, 5.74) is 1.70. The number of thioether (sulfide) groups is 1. The molecule has 1 rings (SSSR count). The fourth-order valence-electron chi connectivity index (χ4n) is 1.51. The molecule has 1 aromatic carbocycles. The maximum absolute atomic E-state index is 9.35. The first kappa shape index (κ1) is 17.0. The van der Waals surface area contributed by atoms with Gasteiger partial charge >= 0.3 is 0 Å². The highest BCUT2D eigenvalue weighted by Gasteiger charge is 2.11. The summed E-state index contributed by atoms with van der Waals surface area (Å²) in [4.78, 5) is 0.833. The van der Waals surface area contributed by atoms with Crippen molar-refractivity contribution in [2.45, 2.75) is 43.9 Å². The van der Waals surface area contributed by atoms with E-state index in [4.69, 9.17) is 5.11 Å². The molecule has 0 aliphatic heterocycles. The van der Waals surface area contributed by atoms with E-state index in [1.165, 1.54) is 11.8 Å². The fraction of sp³-hybridized carbons (Fsp3) is 0.533. The summed E-state index contributed by atoms with van der Waals surface area (Å²) in [6, 6.07) is 7.92. The van der Waals surface area contributed by atoms with Crippen molar-refractivity contribution in [3.05, 3.63) is 29.3 Å². The van der Waals surface area contributed by atoms with Gasteiger partial charge in [0.15, 0.2) is 0 Å². The lowest BCUT2D eigenvalue weighted by Crippen LogP contribution is -2.35. The zero-order chi connectivity index (χ0) is 15.2. The number of nitrogens with zero attached hydrogens (tertiary/aromatic N) is 1. The van der Waals surface area contributed by atoms with Crippen molar-refractivity contribution < 1.29 is 10.2 Å². The lowest BCUT2D eigenvalue weighted by molar-refractivity contribution is 0.113. The van der Waals surface area contributed by atoms with Crippen molar-refractivity contribution in [3.63, 3.8) is 0 Å². The van der Waals surface area contributed by atoms with Crippen LogP contribution in [0.5, 0.6) is 0 Å². The molecule has 1 unspecified atom stereocenters. The molecule has 20 heavy (non-hydrogen) atoms. The van der Waals surface area contributed by atoms with Crippen molar-refractivity contribution in [2.24, 2.45) is 0 Å². The predicted molar refractivity (Wildman–Crippen MR) is 81.6 cm³/mol. The van der Waals surface area contributed by atoms with Crippen LogP contribution in [0.3, 0.4) is 0 Å². The Kier molecular flexibility index (Phi) is 6.50. The number of nitrogens with one attached hydrogen (secondary N) is 1. The Morgan fingerprint density at radius 1 is 1.40 bits per heavy atom.